The Hall–Kier alpha value is -1.84. The molecule has 6 rings (SSSR count). The molecule has 4 atom stereocenters. The lowest BCUT2D eigenvalue weighted by Crippen LogP contribution is -2.60. The van der Waals surface area contributed by atoms with Gasteiger partial charge in [0.05, 0.1) is 5.41 Å². The van der Waals surface area contributed by atoms with E-state index in [4.69, 9.17) is 4.42 Å². The van der Waals surface area contributed by atoms with E-state index in [0.717, 1.165) is 41.8 Å². The highest BCUT2D eigenvalue weighted by Crippen LogP contribution is 2.69. The van der Waals surface area contributed by atoms with Gasteiger partial charge in [0.25, 0.3) is 0 Å². The van der Waals surface area contributed by atoms with E-state index < -0.39 is 0 Å². The quantitative estimate of drug-likeness (QED) is 0.846. The second-order valence-corrected chi connectivity index (χ2v) is 10.4. The van der Waals surface area contributed by atoms with Crippen LogP contribution in [0.1, 0.15) is 63.8 Å². The van der Waals surface area contributed by atoms with E-state index in [2.05, 4.69) is 24.1 Å². The molecule has 4 bridgehead atoms. The Kier molecular flexibility index (Phi) is 3.57. The molecule has 0 aliphatic heterocycles. The predicted molar refractivity (Wildman–Crippen MR) is 105 cm³/mol. The zero-order valence-electron chi connectivity index (χ0n) is 16.7. The summed E-state index contributed by atoms with van der Waals surface area (Å²) in [4.78, 5) is 17.8. The second kappa shape index (κ2) is 5.59. The molecule has 4 fully saturated rings. The van der Waals surface area contributed by atoms with Crippen LogP contribution in [0, 0.1) is 29.1 Å². The van der Waals surface area contributed by atoms with Gasteiger partial charge in [-0.05, 0) is 73.8 Å². The molecule has 4 aliphatic carbocycles. The first-order valence-electron chi connectivity index (χ1n) is 10.4. The topological polar surface area (TPSA) is 55.1 Å². The minimum atomic E-state index is -0.138. The van der Waals surface area contributed by atoms with Crippen LogP contribution in [0.4, 0.5) is 0 Å². The van der Waals surface area contributed by atoms with Crippen LogP contribution in [0.15, 0.2) is 22.6 Å². The number of benzene rings is 1. The summed E-state index contributed by atoms with van der Waals surface area (Å²) in [6, 6.07) is 5.99. The molecule has 1 aromatic carbocycles. The number of nitrogens with zero attached hydrogens (tertiary/aromatic N) is 1. The van der Waals surface area contributed by atoms with Crippen LogP contribution in [0.25, 0.3) is 11.1 Å². The average Bonchev–Trinajstić information content (AvgIpc) is 2.95. The summed E-state index contributed by atoms with van der Waals surface area (Å²) in [5.41, 5.74) is 3.48. The Morgan fingerprint density at radius 3 is 2.59 bits per heavy atom. The summed E-state index contributed by atoms with van der Waals surface area (Å²) in [7, 11) is 0. The first-order chi connectivity index (χ1) is 12.8. The number of hydrogen-bond donors (Lipinski definition) is 1. The number of nitrogens with one attached hydrogen (secondary N) is 1. The van der Waals surface area contributed by atoms with Gasteiger partial charge in [-0.2, -0.15) is 0 Å². The van der Waals surface area contributed by atoms with Crippen LogP contribution in [-0.2, 0) is 11.2 Å². The van der Waals surface area contributed by atoms with Gasteiger partial charge in [-0.15, -0.1) is 0 Å². The van der Waals surface area contributed by atoms with Gasteiger partial charge in [-0.3, -0.25) is 4.79 Å². The van der Waals surface area contributed by atoms with Gasteiger partial charge >= 0.3 is 0 Å². The van der Waals surface area contributed by atoms with Gasteiger partial charge in [0.2, 0.25) is 5.91 Å². The van der Waals surface area contributed by atoms with Crippen molar-refractivity contribution in [3.63, 3.8) is 0 Å². The van der Waals surface area contributed by atoms with Crippen molar-refractivity contribution in [3.8, 4) is 0 Å². The van der Waals surface area contributed by atoms with E-state index in [1.54, 1.807) is 0 Å². The van der Waals surface area contributed by atoms with Gasteiger partial charge in [-0.1, -0.05) is 26.0 Å². The van der Waals surface area contributed by atoms with Crippen molar-refractivity contribution >= 4 is 17.0 Å². The van der Waals surface area contributed by atoms with E-state index in [-0.39, 0.29) is 11.3 Å². The molecule has 144 valence electrons. The van der Waals surface area contributed by atoms with Gasteiger partial charge in [0, 0.05) is 13.0 Å². The number of hydrogen-bond acceptors (Lipinski definition) is 3. The lowest BCUT2D eigenvalue weighted by atomic mass is 9.40. The van der Waals surface area contributed by atoms with Crippen molar-refractivity contribution < 1.29 is 9.21 Å². The number of carbonyl (C=O) groups is 1. The number of rotatable bonds is 4. The predicted octanol–water partition coefficient (Wildman–Crippen LogP) is 4.79. The highest BCUT2D eigenvalue weighted by atomic mass is 16.3. The maximum atomic E-state index is 13.2. The van der Waals surface area contributed by atoms with Crippen LogP contribution in [0.2, 0.25) is 0 Å². The van der Waals surface area contributed by atoms with Gasteiger partial charge in [-0.25, -0.2) is 4.98 Å². The van der Waals surface area contributed by atoms with E-state index in [1.165, 1.54) is 19.3 Å². The summed E-state index contributed by atoms with van der Waals surface area (Å²) < 4.78 is 5.85. The Bertz CT molecular complexity index is 896. The Labute approximate surface area is 161 Å². The zero-order chi connectivity index (χ0) is 18.9. The summed E-state index contributed by atoms with van der Waals surface area (Å²) in [6.45, 7) is 7.48. The van der Waals surface area contributed by atoms with Crippen LogP contribution in [0.5, 0.6) is 0 Å². The number of fused-ring (bicyclic) bond motifs is 1. The van der Waals surface area contributed by atoms with Crippen LogP contribution in [0.3, 0.4) is 0 Å². The third-order valence-corrected chi connectivity index (χ3v) is 7.40. The monoisotopic (exact) mass is 366 g/mol. The number of amides is 1. The molecule has 1 heterocycles. The summed E-state index contributed by atoms with van der Waals surface area (Å²) in [6.07, 6.45) is 7.81. The van der Waals surface area contributed by atoms with E-state index in [1.807, 2.05) is 25.1 Å². The fourth-order valence-electron chi connectivity index (χ4n) is 7.41. The van der Waals surface area contributed by atoms with Crippen molar-refractivity contribution in [2.75, 3.05) is 6.54 Å². The lowest BCUT2D eigenvalue weighted by Gasteiger charge is -2.64. The Balaban J connectivity index is 1.27. The summed E-state index contributed by atoms with van der Waals surface area (Å²) in [5.74, 6) is 1.72. The average molecular weight is 367 g/mol. The molecule has 2 unspecified atom stereocenters. The molecule has 0 spiro atoms. The minimum Gasteiger partial charge on any atom is -0.441 e. The SMILES string of the molecule is Cc1cccc2oc(CCNC(=O)C34CC5C[C@@](C)(C3)C[C@](C)(C5)C4)nc12. The molecule has 2 aromatic rings. The summed E-state index contributed by atoms with van der Waals surface area (Å²) >= 11 is 0. The standard InChI is InChI=1S/C23H30N2O2/c1-15-5-4-6-17-19(15)25-18(27-17)7-8-24-20(26)23-11-16-9-21(2,13-23)12-22(3,10-16)14-23/h4-6,16H,7-14H2,1-3H3,(H,24,26)/t16?,21-,22+,23?. The third-order valence-electron chi connectivity index (χ3n) is 7.40. The minimum absolute atomic E-state index is 0.138. The zero-order valence-corrected chi connectivity index (χ0v) is 16.7. The van der Waals surface area contributed by atoms with Crippen LogP contribution < -0.4 is 5.32 Å². The number of para-hydroxylation sites is 1. The maximum Gasteiger partial charge on any atom is 0.226 e. The molecular formula is C23H30N2O2. The van der Waals surface area contributed by atoms with Gasteiger partial charge < -0.3 is 9.73 Å². The molecule has 4 aliphatic rings. The van der Waals surface area contributed by atoms with E-state index >= 15 is 0 Å². The molecule has 4 nitrogen and oxygen atoms in total. The molecule has 1 N–H and O–H groups in total. The van der Waals surface area contributed by atoms with Crippen molar-refractivity contribution in [3.05, 3.63) is 29.7 Å². The number of aromatic nitrogens is 1. The number of oxazole rings is 1. The van der Waals surface area contributed by atoms with E-state index in [9.17, 15) is 4.79 Å². The second-order valence-electron chi connectivity index (χ2n) is 10.4. The molecule has 0 radical (unpaired) electrons. The molecule has 1 aromatic heterocycles. The molecule has 0 saturated heterocycles. The molecule has 4 heteroatoms. The van der Waals surface area contributed by atoms with Crippen molar-refractivity contribution in [1.29, 1.82) is 0 Å². The molecule has 27 heavy (non-hydrogen) atoms. The first-order valence-corrected chi connectivity index (χ1v) is 10.4. The first kappa shape index (κ1) is 17.3. The van der Waals surface area contributed by atoms with Crippen LogP contribution >= 0.6 is 0 Å². The molecule has 4 saturated carbocycles. The van der Waals surface area contributed by atoms with Crippen molar-refractivity contribution in [1.82, 2.24) is 10.3 Å². The number of carbonyl (C=O) groups excluding carboxylic acids is 1. The molecular weight excluding hydrogens is 336 g/mol. The fraction of sp³-hybridized carbons (Fsp3) is 0.652. The van der Waals surface area contributed by atoms with Crippen molar-refractivity contribution in [2.45, 2.75) is 65.7 Å². The highest BCUT2D eigenvalue weighted by Gasteiger charge is 2.62. The van der Waals surface area contributed by atoms with Crippen LogP contribution in [-0.4, -0.2) is 17.4 Å². The smallest absolute Gasteiger partial charge is 0.226 e. The van der Waals surface area contributed by atoms with Gasteiger partial charge in [0.15, 0.2) is 11.5 Å². The highest BCUT2D eigenvalue weighted by molar-refractivity contribution is 5.83. The normalized spacial score (nSPS) is 37.1. The largest absolute Gasteiger partial charge is 0.441 e. The van der Waals surface area contributed by atoms with Crippen molar-refractivity contribution in [2.24, 2.45) is 22.2 Å². The molecule has 1 amide bonds. The summed E-state index contributed by atoms with van der Waals surface area (Å²) in [5, 5.41) is 3.24. The maximum absolute atomic E-state index is 13.2. The number of aryl methyl sites for hydroxylation is 1. The van der Waals surface area contributed by atoms with E-state index in [0.29, 0.717) is 29.7 Å². The fourth-order valence-corrected chi connectivity index (χ4v) is 7.41. The Morgan fingerprint density at radius 2 is 1.93 bits per heavy atom. The third kappa shape index (κ3) is 2.79. The lowest BCUT2D eigenvalue weighted by molar-refractivity contribution is -0.170. The Morgan fingerprint density at radius 1 is 1.19 bits per heavy atom. The van der Waals surface area contributed by atoms with Gasteiger partial charge in [0.1, 0.15) is 5.52 Å².